The predicted molar refractivity (Wildman–Crippen MR) is 89.3 cm³/mol. The largest absolute Gasteiger partial charge is 0.493 e. The molecule has 1 saturated heterocycles. The fourth-order valence-electron chi connectivity index (χ4n) is 4.66. The van der Waals surface area contributed by atoms with E-state index >= 15 is 0 Å². The van der Waals surface area contributed by atoms with Crippen LogP contribution in [0.3, 0.4) is 0 Å². The number of hydrogen-bond acceptors (Lipinski definition) is 3. The molecule has 3 atom stereocenters. The average molecular weight is 314 g/mol. The Morgan fingerprint density at radius 2 is 2.00 bits per heavy atom. The molecule has 2 aliphatic heterocycles. The van der Waals surface area contributed by atoms with Crippen LogP contribution < -0.4 is 10.1 Å². The van der Waals surface area contributed by atoms with Gasteiger partial charge in [0.15, 0.2) is 0 Å². The predicted octanol–water partition coefficient (Wildman–Crippen LogP) is 2.75. The highest BCUT2D eigenvalue weighted by Gasteiger charge is 2.47. The standard InChI is InChI=1S/C19H26N2O2/c1-21-11-15(19(22)20-13-7-3-2-4-8-13)16-12-23-17-10-6-5-9-14(17)18(16)21/h5-6,9-10,13,15-16,18H,2-4,7-8,11-12H2,1H3,(H,20,22)/t15-,16+,18+/m1/s1. The highest BCUT2D eigenvalue weighted by Crippen LogP contribution is 2.46. The quantitative estimate of drug-likeness (QED) is 0.912. The maximum Gasteiger partial charge on any atom is 0.225 e. The number of fused-ring (bicyclic) bond motifs is 3. The molecule has 2 fully saturated rings. The molecule has 1 amide bonds. The Hall–Kier alpha value is -1.55. The van der Waals surface area contributed by atoms with Crippen LogP contribution in [0.2, 0.25) is 0 Å². The van der Waals surface area contributed by atoms with Crippen LogP contribution in [-0.2, 0) is 4.79 Å². The van der Waals surface area contributed by atoms with Crippen LogP contribution in [0.4, 0.5) is 0 Å². The Labute approximate surface area is 138 Å². The number of likely N-dealkylation sites (tertiary alicyclic amines) is 1. The first-order chi connectivity index (χ1) is 11.2. The molecular weight excluding hydrogens is 288 g/mol. The second kappa shape index (κ2) is 6.16. The first-order valence-electron chi connectivity index (χ1n) is 8.96. The molecule has 23 heavy (non-hydrogen) atoms. The van der Waals surface area contributed by atoms with Gasteiger partial charge in [-0.2, -0.15) is 0 Å². The summed E-state index contributed by atoms with van der Waals surface area (Å²) in [4.78, 5) is 15.2. The third-order valence-corrected chi connectivity index (χ3v) is 5.84. The van der Waals surface area contributed by atoms with Crippen molar-refractivity contribution in [1.29, 1.82) is 0 Å². The van der Waals surface area contributed by atoms with Crippen LogP contribution in [-0.4, -0.2) is 37.0 Å². The van der Waals surface area contributed by atoms with Gasteiger partial charge in [0, 0.05) is 30.1 Å². The Morgan fingerprint density at radius 3 is 2.83 bits per heavy atom. The van der Waals surface area contributed by atoms with Gasteiger partial charge in [-0.15, -0.1) is 0 Å². The number of nitrogens with zero attached hydrogens (tertiary/aromatic N) is 1. The van der Waals surface area contributed by atoms with Crippen LogP contribution in [0.25, 0.3) is 0 Å². The number of para-hydroxylation sites is 1. The van der Waals surface area contributed by atoms with Gasteiger partial charge in [-0.05, 0) is 26.0 Å². The van der Waals surface area contributed by atoms with Crippen molar-refractivity contribution in [2.24, 2.45) is 11.8 Å². The highest BCUT2D eigenvalue weighted by atomic mass is 16.5. The maximum atomic E-state index is 12.8. The summed E-state index contributed by atoms with van der Waals surface area (Å²) in [6.07, 6.45) is 6.09. The number of rotatable bonds is 2. The van der Waals surface area contributed by atoms with E-state index in [9.17, 15) is 4.79 Å². The van der Waals surface area contributed by atoms with Gasteiger partial charge in [0.1, 0.15) is 5.75 Å². The summed E-state index contributed by atoms with van der Waals surface area (Å²) < 4.78 is 5.95. The van der Waals surface area contributed by atoms with E-state index in [4.69, 9.17) is 4.74 Å². The van der Waals surface area contributed by atoms with Crippen molar-refractivity contribution in [2.45, 2.75) is 44.2 Å². The van der Waals surface area contributed by atoms with Gasteiger partial charge in [0.05, 0.1) is 12.5 Å². The molecule has 0 unspecified atom stereocenters. The number of nitrogens with one attached hydrogen (secondary N) is 1. The van der Waals surface area contributed by atoms with E-state index in [-0.39, 0.29) is 17.7 Å². The molecular formula is C19H26N2O2. The molecule has 1 aromatic rings. The summed E-state index contributed by atoms with van der Waals surface area (Å²) >= 11 is 0. The molecule has 4 nitrogen and oxygen atoms in total. The van der Waals surface area contributed by atoms with Gasteiger partial charge in [-0.25, -0.2) is 0 Å². The molecule has 1 N–H and O–H groups in total. The lowest BCUT2D eigenvalue weighted by Gasteiger charge is -2.33. The third kappa shape index (κ3) is 2.74. The lowest BCUT2D eigenvalue weighted by Crippen LogP contribution is -2.43. The van der Waals surface area contributed by atoms with E-state index in [2.05, 4.69) is 29.4 Å². The topological polar surface area (TPSA) is 41.6 Å². The molecule has 0 bridgehead atoms. The lowest BCUT2D eigenvalue weighted by atomic mass is 9.84. The molecule has 124 valence electrons. The molecule has 0 radical (unpaired) electrons. The summed E-state index contributed by atoms with van der Waals surface area (Å²) in [6, 6.07) is 8.95. The SMILES string of the molecule is CN1C[C@@H](C(=O)NC2CCCCC2)[C@@H]2COc3ccccc3[C@@H]21. The fourth-order valence-corrected chi connectivity index (χ4v) is 4.66. The molecule has 0 spiro atoms. The van der Waals surface area contributed by atoms with Crippen molar-refractivity contribution in [2.75, 3.05) is 20.2 Å². The summed E-state index contributed by atoms with van der Waals surface area (Å²) in [5.74, 6) is 1.52. The van der Waals surface area contributed by atoms with Crippen LogP contribution in [0, 0.1) is 11.8 Å². The molecule has 0 aromatic heterocycles. The fraction of sp³-hybridized carbons (Fsp3) is 0.632. The van der Waals surface area contributed by atoms with Gasteiger partial charge in [0.25, 0.3) is 0 Å². The van der Waals surface area contributed by atoms with Crippen LogP contribution in [0.15, 0.2) is 24.3 Å². The maximum absolute atomic E-state index is 12.8. The van der Waals surface area contributed by atoms with Crippen LogP contribution in [0.5, 0.6) is 5.75 Å². The Bertz CT molecular complexity index is 582. The van der Waals surface area contributed by atoms with E-state index in [1.165, 1.54) is 24.8 Å². The number of hydrogen-bond donors (Lipinski definition) is 1. The van der Waals surface area contributed by atoms with E-state index in [0.29, 0.717) is 18.7 Å². The lowest BCUT2D eigenvalue weighted by molar-refractivity contribution is -0.127. The number of benzene rings is 1. The molecule has 1 aliphatic carbocycles. The molecule has 1 aromatic carbocycles. The number of ether oxygens (including phenoxy) is 1. The Morgan fingerprint density at radius 1 is 1.22 bits per heavy atom. The van der Waals surface area contributed by atoms with Crippen molar-refractivity contribution in [3.63, 3.8) is 0 Å². The number of amides is 1. The van der Waals surface area contributed by atoms with Crippen molar-refractivity contribution in [1.82, 2.24) is 10.2 Å². The summed E-state index contributed by atoms with van der Waals surface area (Å²) in [5, 5.41) is 3.32. The van der Waals surface area contributed by atoms with Crippen LogP contribution in [0.1, 0.15) is 43.7 Å². The monoisotopic (exact) mass is 314 g/mol. The highest BCUT2D eigenvalue weighted by molar-refractivity contribution is 5.80. The zero-order valence-electron chi connectivity index (χ0n) is 13.8. The van der Waals surface area contributed by atoms with E-state index in [0.717, 1.165) is 25.1 Å². The van der Waals surface area contributed by atoms with Gasteiger partial charge < -0.3 is 10.1 Å². The minimum absolute atomic E-state index is 0.0419. The molecule has 4 heteroatoms. The zero-order valence-corrected chi connectivity index (χ0v) is 13.8. The minimum atomic E-state index is 0.0419. The van der Waals surface area contributed by atoms with Gasteiger partial charge >= 0.3 is 0 Å². The van der Waals surface area contributed by atoms with Gasteiger partial charge in [-0.3, -0.25) is 9.69 Å². The van der Waals surface area contributed by atoms with E-state index in [1.807, 2.05) is 12.1 Å². The molecule has 2 heterocycles. The van der Waals surface area contributed by atoms with Crippen molar-refractivity contribution in [3.05, 3.63) is 29.8 Å². The second-order valence-electron chi connectivity index (χ2n) is 7.35. The second-order valence-corrected chi connectivity index (χ2v) is 7.35. The first kappa shape index (κ1) is 15.0. The van der Waals surface area contributed by atoms with Gasteiger partial charge in [-0.1, -0.05) is 37.5 Å². The van der Waals surface area contributed by atoms with Crippen molar-refractivity contribution >= 4 is 5.91 Å². The molecule has 4 rings (SSSR count). The summed E-state index contributed by atoms with van der Waals surface area (Å²) in [5.41, 5.74) is 1.24. The third-order valence-electron chi connectivity index (χ3n) is 5.84. The van der Waals surface area contributed by atoms with Crippen LogP contribution >= 0.6 is 0 Å². The summed E-state index contributed by atoms with van der Waals surface area (Å²) in [7, 11) is 2.13. The average Bonchev–Trinajstić information content (AvgIpc) is 2.93. The molecule has 1 saturated carbocycles. The van der Waals surface area contributed by atoms with Crippen molar-refractivity contribution in [3.8, 4) is 5.75 Å². The summed E-state index contributed by atoms with van der Waals surface area (Å²) in [6.45, 7) is 1.47. The van der Waals surface area contributed by atoms with E-state index < -0.39 is 0 Å². The minimum Gasteiger partial charge on any atom is -0.493 e. The van der Waals surface area contributed by atoms with Gasteiger partial charge in [0.2, 0.25) is 5.91 Å². The smallest absolute Gasteiger partial charge is 0.225 e. The normalized spacial score (nSPS) is 31.1. The zero-order chi connectivity index (χ0) is 15.8. The van der Waals surface area contributed by atoms with Crippen molar-refractivity contribution < 1.29 is 9.53 Å². The Kier molecular flexibility index (Phi) is 4.02. The number of carbonyl (C=O) groups is 1. The first-order valence-corrected chi connectivity index (χ1v) is 8.96. The number of carbonyl (C=O) groups excluding carboxylic acids is 1. The van der Waals surface area contributed by atoms with E-state index in [1.54, 1.807) is 0 Å². The molecule has 3 aliphatic rings. The Balaban J connectivity index is 1.50.